The second-order valence-corrected chi connectivity index (χ2v) is 2.85. The van der Waals surface area contributed by atoms with E-state index < -0.39 is 5.95 Å². The van der Waals surface area contributed by atoms with Crippen LogP contribution in [0.25, 0.3) is 10.9 Å². The number of halogens is 1. The normalized spacial score (nSPS) is 8.39. The maximum Gasteiger partial charge on any atom is 0.239 e. The molecule has 0 radical (unpaired) electrons. The molecule has 0 atom stereocenters. The summed E-state index contributed by atoms with van der Waals surface area (Å²) in [5.74, 6) is 5.05. The van der Waals surface area contributed by atoms with Crippen molar-refractivity contribution < 1.29 is 4.39 Å². The van der Waals surface area contributed by atoms with Gasteiger partial charge >= 0.3 is 0 Å². The fraction of sp³-hybridized carbons (Fsp3) is 0.429. The number of pyridine rings is 1. The van der Waals surface area contributed by atoms with E-state index in [0.717, 1.165) is 0 Å². The third-order valence-electron chi connectivity index (χ3n) is 1.95. The molecular weight excluding hydrogens is 229 g/mol. The molecule has 0 aliphatic rings. The van der Waals surface area contributed by atoms with Crippen molar-refractivity contribution in [3.63, 3.8) is 0 Å². The molecule has 2 aromatic rings. The molecule has 0 saturated carbocycles. The molecule has 0 unspecified atom stereocenters. The third kappa shape index (κ3) is 3.30. The van der Waals surface area contributed by atoms with Crippen LogP contribution >= 0.6 is 0 Å². The summed E-state index contributed by atoms with van der Waals surface area (Å²) in [7, 11) is 1.67. The molecule has 2 aromatic heterocycles. The first-order valence-electron chi connectivity index (χ1n) is 6.14. The minimum absolute atomic E-state index is 0.394. The van der Waals surface area contributed by atoms with Gasteiger partial charge in [0.05, 0.1) is 0 Å². The number of hydrogen-bond donors (Lipinski definition) is 0. The van der Waals surface area contributed by atoms with Gasteiger partial charge in [-0.3, -0.25) is 4.68 Å². The Kier molecular flexibility index (Phi) is 7.37. The van der Waals surface area contributed by atoms with Gasteiger partial charge in [-0.15, -0.1) is 0 Å². The first-order valence-corrected chi connectivity index (χ1v) is 6.14. The first kappa shape index (κ1) is 16.1. The van der Waals surface area contributed by atoms with Gasteiger partial charge in [0, 0.05) is 18.6 Å². The van der Waals surface area contributed by atoms with E-state index in [1.165, 1.54) is 10.9 Å². The van der Waals surface area contributed by atoms with E-state index in [4.69, 9.17) is 0 Å². The summed E-state index contributed by atoms with van der Waals surface area (Å²) in [5.41, 5.74) is 0.983. The molecule has 18 heavy (non-hydrogen) atoms. The predicted octanol–water partition coefficient (Wildman–Crippen LogP) is 3.53. The third-order valence-corrected chi connectivity index (χ3v) is 1.95. The smallest absolute Gasteiger partial charge is 0.239 e. The van der Waals surface area contributed by atoms with Gasteiger partial charge in [0.15, 0.2) is 0 Å². The van der Waals surface area contributed by atoms with Crippen LogP contribution in [0, 0.1) is 17.8 Å². The van der Waals surface area contributed by atoms with E-state index in [0.29, 0.717) is 16.6 Å². The Morgan fingerprint density at radius 1 is 1.22 bits per heavy atom. The van der Waals surface area contributed by atoms with Crippen molar-refractivity contribution in [2.45, 2.75) is 34.6 Å². The lowest BCUT2D eigenvalue weighted by Crippen LogP contribution is -1.93. The van der Waals surface area contributed by atoms with Crippen LogP contribution in [0.5, 0.6) is 0 Å². The summed E-state index contributed by atoms with van der Waals surface area (Å²) in [6, 6.07) is 1.71. The molecular formula is C14H20FN3. The number of nitrogens with zero attached hydrogens (tertiary/aromatic N) is 3. The molecule has 0 aliphatic carbocycles. The SMILES string of the molecule is CC.CC.CC#Cc1nn(C)c2c(F)nccc12. The van der Waals surface area contributed by atoms with Gasteiger partial charge < -0.3 is 0 Å². The van der Waals surface area contributed by atoms with Gasteiger partial charge in [0.2, 0.25) is 5.95 Å². The molecule has 2 heterocycles. The average molecular weight is 249 g/mol. The largest absolute Gasteiger partial charge is 0.262 e. The van der Waals surface area contributed by atoms with Crippen molar-refractivity contribution in [2.24, 2.45) is 7.05 Å². The Balaban J connectivity index is 0.000000659. The van der Waals surface area contributed by atoms with Crippen LogP contribution in [-0.4, -0.2) is 14.8 Å². The molecule has 0 bridgehead atoms. The lowest BCUT2D eigenvalue weighted by atomic mass is 10.2. The number of rotatable bonds is 0. The summed E-state index contributed by atoms with van der Waals surface area (Å²) < 4.78 is 14.7. The van der Waals surface area contributed by atoms with Crippen molar-refractivity contribution >= 4 is 10.9 Å². The van der Waals surface area contributed by atoms with Crippen molar-refractivity contribution in [1.82, 2.24) is 14.8 Å². The Bertz CT molecular complexity index is 547. The van der Waals surface area contributed by atoms with Crippen LogP contribution in [0.15, 0.2) is 12.3 Å². The zero-order valence-electron chi connectivity index (χ0n) is 11.9. The fourth-order valence-electron chi connectivity index (χ4n) is 1.39. The number of aryl methyl sites for hydroxylation is 1. The standard InChI is InChI=1S/C10H8FN3.2C2H6/c1-3-4-8-7-5-6-12-10(11)9(7)14(2)13-8;2*1-2/h5-6H,1-2H3;2*1-2H3. The van der Waals surface area contributed by atoms with Crippen molar-refractivity contribution in [2.75, 3.05) is 0 Å². The average Bonchev–Trinajstić information content (AvgIpc) is 2.73. The monoisotopic (exact) mass is 249 g/mol. The van der Waals surface area contributed by atoms with E-state index >= 15 is 0 Å². The fourth-order valence-corrected chi connectivity index (χ4v) is 1.39. The first-order chi connectivity index (χ1) is 8.74. The van der Waals surface area contributed by atoms with Gasteiger partial charge in [-0.2, -0.15) is 9.49 Å². The van der Waals surface area contributed by atoms with Gasteiger partial charge in [-0.05, 0) is 18.9 Å². The summed E-state index contributed by atoms with van der Waals surface area (Å²) >= 11 is 0. The van der Waals surface area contributed by atoms with Gasteiger partial charge in [0.1, 0.15) is 11.2 Å². The van der Waals surface area contributed by atoms with Gasteiger partial charge in [0.25, 0.3) is 0 Å². The molecule has 0 aromatic carbocycles. The highest BCUT2D eigenvalue weighted by Crippen LogP contribution is 2.18. The summed E-state index contributed by atoms with van der Waals surface area (Å²) in [6.45, 7) is 9.72. The molecule has 0 N–H and O–H groups in total. The molecule has 0 spiro atoms. The highest BCUT2D eigenvalue weighted by molar-refractivity contribution is 5.84. The van der Waals surface area contributed by atoms with Crippen LogP contribution in [0.3, 0.4) is 0 Å². The second kappa shape index (κ2) is 8.24. The van der Waals surface area contributed by atoms with E-state index in [1.54, 1.807) is 20.0 Å². The van der Waals surface area contributed by atoms with E-state index in [1.807, 2.05) is 27.7 Å². The maximum absolute atomic E-state index is 13.3. The predicted molar refractivity (Wildman–Crippen MR) is 73.7 cm³/mol. The highest BCUT2D eigenvalue weighted by atomic mass is 19.1. The Morgan fingerprint density at radius 2 is 1.83 bits per heavy atom. The van der Waals surface area contributed by atoms with Crippen LogP contribution in [-0.2, 0) is 7.05 Å². The van der Waals surface area contributed by atoms with Crippen LogP contribution in [0.1, 0.15) is 40.3 Å². The molecule has 4 heteroatoms. The molecule has 0 aliphatic heterocycles. The second-order valence-electron chi connectivity index (χ2n) is 2.85. The summed E-state index contributed by atoms with van der Waals surface area (Å²) in [5, 5.41) is 4.81. The quantitative estimate of drug-likeness (QED) is 0.528. The Morgan fingerprint density at radius 3 is 2.39 bits per heavy atom. The molecule has 98 valence electrons. The topological polar surface area (TPSA) is 30.7 Å². The minimum Gasteiger partial charge on any atom is -0.262 e. The number of hydrogen-bond acceptors (Lipinski definition) is 2. The Hall–Kier alpha value is -1.89. The molecule has 3 nitrogen and oxygen atoms in total. The van der Waals surface area contributed by atoms with E-state index in [9.17, 15) is 4.39 Å². The summed E-state index contributed by atoms with van der Waals surface area (Å²) in [4.78, 5) is 3.57. The Labute approximate surface area is 108 Å². The lowest BCUT2D eigenvalue weighted by molar-refractivity contribution is 0.585. The van der Waals surface area contributed by atoms with Gasteiger partial charge in [-0.25, -0.2) is 4.98 Å². The van der Waals surface area contributed by atoms with E-state index in [2.05, 4.69) is 21.9 Å². The molecule has 0 fully saturated rings. The molecule has 0 amide bonds. The highest BCUT2D eigenvalue weighted by Gasteiger charge is 2.10. The molecule has 0 saturated heterocycles. The lowest BCUT2D eigenvalue weighted by Gasteiger charge is -1.92. The van der Waals surface area contributed by atoms with Crippen LogP contribution in [0.2, 0.25) is 0 Å². The van der Waals surface area contributed by atoms with Crippen molar-refractivity contribution in [3.05, 3.63) is 23.9 Å². The van der Waals surface area contributed by atoms with Crippen LogP contribution < -0.4 is 0 Å². The number of aromatic nitrogens is 3. The van der Waals surface area contributed by atoms with E-state index in [-0.39, 0.29) is 0 Å². The van der Waals surface area contributed by atoms with Gasteiger partial charge in [-0.1, -0.05) is 33.6 Å². The van der Waals surface area contributed by atoms with Crippen molar-refractivity contribution in [3.8, 4) is 11.8 Å². The summed E-state index contributed by atoms with van der Waals surface area (Å²) in [6.07, 6.45) is 1.42. The van der Waals surface area contributed by atoms with Crippen molar-refractivity contribution in [1.29, 1.82) is 0 Å². The molecule has 2 rings (SSSR count). The van der Waals surface area contributed by atoms with Crippen LogP contribution in [0.4, 0.5) is 4.39 Å². The zero-order valence-corrected chi connectivity index (χ0v) is 11.9. The maximum atomic E-state index is 13.3. The zero-order chi connectivity index (χ0) is 14.1. The minimum atomic E-state index is -0.512. The number of fused-ring (bicyclic) bond motifs is 1.